The van der Waals surface area contributed by atoms with E-state index in [0.29, 0.717) is 34.7 Å². The van der Waals surface area contributed by atoms with E-state index in [2.05, 4.69) is 9.97 Å². The van der Waals surface area contributed by atoms with Gasteiger partial charge in [0.1, 0.15) is 5.82 Å². The van der Waals surface area contributed by atoms with Crippen molar-refractivity contribution >= 4 is 22.5 Å². The van der Waals surface area contributed by atoms with E-state index in [4.69, 9.17) is 11.6 Å². The summed E-state index contributed by atoms with van der Waals surface area (Å²) in [6.07, 6.45) is 2.45. The number of benzene rings is 1. The third-order valence-electron chi connectivity index (χ3n) is 3.43. The quantitative estimate of drug-likeness (QED) is 0.747. The highest BCUT2D eigenvalue weighted by atomic mass is 35.5. The second-order valence-corrected chi connectivity index (χ2v) is 5.28. The van der Waals surface area contributed by atoms with Gasteiger partial charge in [-0.15, -0.1) is 0 Å². The standard InChI is InChI=1S/C16H14ClN3O/c1-11-19-15-10-12(17)5-6-14(15)16(21)20(11)9-7-13-4-2-3-8-18-13/h2-6,8,10H,7,9H2,1H3. The molecule has 106 valence electrons. The number of hydrogen-bond acceptors (Lipinski definition) is 3. The fourth-order valence-corrected chi connectivity index (χ4v) is 2.51. The number of aryl methyl sites for hydroxylation is 2. The van der Waals surface area contributed by atoms with E-state index in [0.717, 1.165) is 5.69 Å². The smallest absolute Gasteiger partial charge is 0.261 e. The fraction of sp³-hybridized carbons (Fsp3) is 0.188. The second kappa shape index (κ2) is 5.66. The molecule has 0 fully saturated rings. The molecule has 0 saturated carbocycles. The van der Waals surface area contributed by atoms with Gasteiger partial charge in [-0.05, 0) is 37.3 Å². The molecule has 1 aromatic carbocycles. The van der Waals surface area contributed by atoms with Crippen molar-refractivity contribution in [1.29, 1.82) is 0 Å². The number of fused-ring (bicyclic) bond motifs is 1. The van der Waals surface area contributed by atoms with Gasteiger partial charge >= 0.3 is 0 Å². The first-order valence-corrected chi connectivity index (χ1v) is 7.09. The first-order chi connectivity index (χ1) is 10.1. The Morgan fingerprint density at radius 3 is 2.86 bits per heavy atom. The molecule has 0 bridgehead atoms. The van der Waals surface area contributed by atoms with Crippen molar-refractivity contribution in [3.05, 3.63) is 69.5 Å². The molecule has 0 saturated heterocycles. The Hall–Kier alpha value is -2.20. The van der Waals surface area contributed by atoms with Gasteiger partial charge in [0.15, 0.2) is 0 Å². The summed E-state index contributed by atoms with van der Waals surface area (Å²) in [5, 5.41) is 1.17. The van der Waals surface area contributed by atoms with E-state index in [1.165, 1.54) is 0 Å². The lowest BCUT2D eigenvalue weighted by molar-refractivity contribution is 0.631. The van der Waals surface area contributed by atoms with Crippen LogP contribution in [-0.4, -0.2) is 14.5 Å². The molecule has 0 spiro atoms. The van der Waals surface area contributed by atoms with Gasteiger partial charge in [0.05, 0.1) is 10.9 Å². The predicted octanol–water partition coefficient (Wildman–Crippen LogP) is 3.00. The molecule has 3 aromatic rings. The SMILES string of the molecule is Cc1nc2cc(Cl)ccc2c(=O)n1CCc1ccccn1. The van der Waals surface area contributed by atoms with Crippen molar-refractivity contribution in [2.75, 3.05) is 0 Å². The van der Waals surface area contributed by atoms with E-state index in [9.17, 15) is 4.79 Å². The van der Waals surface area contributed by atoms with Crippen LogP contribution in [0.4, 0.5) is 0 Å². The second-order valence-electron chi connectivity index (χ2n) is 4.85. The van der Waals surface area contributed by atoms with Crippen molar-refractivity contribution in [2.45, 2.75) is 19.9 Å². The molecule has 0 N–H and O–H groups in total. The zero-order valence-electron chi connectivity index (χ0n) is 11.6. The Balaban J connectivity index is 1.99. The van der Waals surface area contributed by atoms with Gasteiger partial charge in [-0.25, -0.2) is 4.98 Å². The van der Waals surface area contributed by atoms with Crippen molar-refractivity contribution in [3.63, 3.8) is 0 Å². The van der Waals surface area contributed by atoms with Gasteiger partial charge in [-0.2, -0.15) is 0 Å². The highest BCUT2D eigenvalue weighted by Crippen LogP contribution is 2.15. The lowest BCUT2D eigenvalue weighted by atomic mass is 10.2. The molecule has 0 atom stereocenters. The van der Waals surface area contributed by atoms with Crippen molar-refractivity contribution in [2.24, 2.45) is 0 Å². The Bertz CT molecular complexity index is 843. The molecule has 21 heavy (non-hydrogen) atoms. The van der Waals surface area contributed by atoms with Crippen LogP contribution in [0.3, 0.4) is 0 Å². The molecule has 0 aliphatic carbocycles. The minimum absolute atomic E-state index is 0.0369. The van der Waals surface area contributed by atoms with Gasteiger partial charge in [0.2, 0.25) is 0 Å². The van der Waals surface area contributed by atoms with Crippen LogP contribution in [0.2, 0.25) is 5.02 Å². The summed E-state index contributed by atoms with van der Waals surface area (Å²) in [6.45, 7) is 2.40. The Morgan fingerprint density at radius 2 is 2.10 bits per heavy atom. The summed E-state index contributed by atoms with van der Waals surface area (Å²) < 4.78 is 1.69. The van der Waals surface area contributed by atoms with E-state index in [-0.39, 0.29) is 5.56 Å². The molecular weight excluding hydrogens is 286 g/mol. The van der Waals surface area contributed by atoms with Crippen LogP contribution in [0, 0.1) is 6.92 Å². The summed E-state index contributed by atoms with van der Waals surface area (Å²) >= 11 is 5.95. The number of halogens is 1. The van der Waals surface area contributed by atoms with Crippen LogP contribution in [0.5, 0.6) is 0 Å². The third kappa shape index (κ3) is 2.81. The van der Waals surface area contributed by atoms with Gasteiger partial charge < -0.3 is 0 Å². The molecular formula is C16H14ClN3O. The number of aromatic nitrogens is 3. The van der Waals surface area contributed by atoms with Crippen LogP contribution >= 0.6 is 11.6 Å². The van der Waals surface area contributed by atoms with Crippen LogP contribution in [-0.2, 0) is 13.0 Å². The zero-order chi connectivity index (χ0) is 14.8. The van der Waals surface area contributed by atoms with Gasteiger partial charge in [-0.1, -0.05) is 17.7 Å². The average molecular weight is 300 g/mol. The fourth-order valence-electron chi connectivity index (χ4n) is 2.34. The van der Waals surface area contributed by atoms with E-state index in [1.54, 1.807) is 29.0 Å². The number of pyridine rings is 1. The lowest BCUT2D eigenvalue weighted by Crippen LogP contribution is -2.25. The lowest BCUT2D eigenvalue weighted by Gasteiger charge is -2.10. The maximum absolute atomic E-state index is 12.5. The topological polar surface area (TPSA) is 47.8 Å². The largest absolute Gasteiger partial charge is 0.296 e. The van der Waals surface area contributed by atoms with E-state index in [1.807, 2.05) is 25.1 Å². The number of hydrogen-bond donors (Lipinski definition) is 0. The first-order valence-electron chi connectivity index (χ1n) is 6.72. The molecule has 0 amide bonds. The van der Waals surface area contributed by atoms with E-state index < -0.39 is 0 Å². The van der Waals surface area contributed by atoms with Crippen LogP contribution in [0.25, 0.3) is 10.9 Å². The third-order valence-corrected chi connectivity index (χ3v) is 3.66. The van der Waals surface area contributed by atoms with E-state index >= 15 is 0 Å². The molecule has 2 aromatic heterocycles. The molecule has 2 heterocycles. The van der Waals surface area contributed by atoms with Gasteiger partial charge in [0, 0.05) is 29.9 Å². The van der Waals surface area contributed by atoms with Gasteiger partial charge in [-0.3, -0.25) is 14.3 Å². The highest BCUT2D eigenvalue weighted by Gasteiger charge is 2.08. The molecule has 0 aliphatic heterocycles. The Morgan fingerprint density at radius 1 is 1.24 bits per heavy atom. The molecule has 4 nitrogen and oxygen atoms in total. The predicted molar refractivity (Wildman–Crippen MR) is 83.7 cm³/mol. The highest BCUT2D eigenvalue weighted by molar-refractivity contribution is 6.31. The number of rotatable bonds is 3. The normalized spacial score (nSPS) is 11.0. The van der Waals surface area contributed by atoms with Crippen LogP contribution < -0.4 is 5.56 Å². The van der Waals surface area contributed by atoms with Crippen molar-refractivity contribution in [3.8, 4) is 0 Å². The molecule has 0 unspecified atom stereocenters. The zero-order valence-corrected chi connectivity index (χ0v) is 12.3. The molecule has 3 rings (SSSR count). The monoisotopic (exact) mass is 299 g/mol. The van der Waals surface area contributed by atoms with Crippen molar-refractivity contribution < 1.29 is 0 Å². The molecule has 5 heteroatoms. The maximum Gasteiger partial charge on any atom is 0.261 e. The Kier molecular flexibility index (Phi) is 3.71. The van der Waals surface area contributed by atoms with Crippen molar-refractivity contribution in [1.82, 2.24) is 14.5 Å². The summed E-state index contributed by atoms with van der Waals surface area (Å²) in [4.78, 5) is 21.3. The van der Waals surface area contributed by atoms with Gasteiger partial charge in [0.25, 0.3) is 5.56 Å². The molecule has 0 radical (unpaired) electrons. The summed E-state index contributed by atoms with van der Waals surface area (Å²) in [6, 6.07) is 10.9. The summed E-state index contributed by atoms with van der Waals surface area (Å²) in [5.41, 5.74) is 1.56. The minimum Gasteiger partial charge on any atom is -0.296 e. The average Bonchev–Trinajstić information content (AvgIpc) is 2.47. The maximum atomic E-state index is 12.5. The molecule has 0 aliphatic rings. The summed E-state index contributed by atoms with van der Waals surface area (Å²) in [5.74, 6) is 0.686. The minimum atomic E-state index is -0.0369. The first kappa shape index (κ1) is 13.8. The number of nitrogens with zero attached hydrogens (tertiary/aromatic N) is 3. The van der Waals surface area contributed by atoms with Crippen LogP contribution in [0.15, 0.2) is 47.4 Å². The Labute approximate surface area is 127 Å². The summed E-state index contributed by atoms with van der Waals surface area (Å²) in [7, 11) is 0. The van der Waals surface area contributed by atoms with Crippen LogP contribution in [0.1, 0.15) is 11.5 Å².